The van der Waals surface area contributed by atoms with Crippen LogP contribution in [0, 0.1) is 0 Å². The average molecular weight is 347 g/mol. The zero-order valence-corrected chi connectivity index (χ0v) is 16.1. The molecule has 1 amide bonds. The van der Waals surface area contributed by atoms with E-state index in [-0.39, 0.29) is 18.1 Å². The van der Waals surface area contributed by atoms with E-state index in [0.29, 0.717) is 6.42 Å². The van der Waals surface area contributed by atoms with Crippen LogP contribution >= 0.6 is 0 Å². The van der Waals surface area contributed by atoms with Gasteiger partial charge < -0.3 is 14.9 Å². The molecule has 1 aromatic rings. The maximum absolute atomic E-state index is 13.1. The van der Waals surface area contributed by atoms with Gasteiger partial charge in [0.2, 0.25) is 0 Å². The fourth-order valence-corrected chi connectivity index (χ4v) is 3.80. The van der Waals surface area contributed by atoms with Crippen molar-refractivity contribution in [1.29, 1.82) is 0 Å². The molecule has 2 rings (SSSR count). The Morgan fingerprint density at radius 3 is 2.56 bits per heavy atom. The van der Waals surface area contributed by atoms with Crippen LogP contribution in [0.15, 0.2) is 24.3 Å². The lowest BCUT2D eigenvalue weighted by Crippen LogP contribution is -2.41. The number of benzene rings is 1. The Morgan fingerprint density at radius 1 is 1.24 bits per heavy atom. The van der Waals surface area contributed by atoms with Gasteiger partial charge in [0.1, 0.15) is 0 Å². The molecule has 1 aliphatic rings. The van der Waals surface area contributed by atoms with E-state index in [0.717, 1.165) is 50.9 Å². The highest BCUT2D eigenvalue weighted by Gasteiger charge is 2.27. The zero-order chi connectivity index (χ0) is 18.2. The summed E-state index contributed by atoms with van der Waals surface area (Å²) in [6.45, 7) is 8.97. The largest absolute Gasteiger partial charge is 0.393 e. The smallest absolute Gasteiger partial charge is 0.254 e. The van der Waals surface area contributed by atoms with Gasteiger partial charge in [-0.3, -0.25) is 4.79 Å². The molecule has 140 valence electrons. The van der Waals surface area contributed by atoms with Crippen LogP contribution in [0.2, 0.25) is 0 Å². The van der Waals surface area contributed by atoms with Crippen molar-refractivity contribution in [3.8, 4) is 0 Å². The first-order valence-electron chi connectivity index (χ1n) is 9.90. The molecule has 1 heterocycles. The van der Waals surface area contributed by atoms with Gasteiger partial charge in [-0.2, -0.15) is 0 Å². The van der Waals surface area contributed by atoms with Gasteiger partial charge in [-0.1, -0.05) is 19.8 Å². The van der Waals surface area contributed by atoms with E-state index < -0.39 is 0 Å². The number of carbonyl (C=O) groups excluding carboxylic acids is 1. The molecule has 1 saturated heterocycles. The second kappa shape index (κ2) is 9.81. The third-order valence-electron chi connectivity index (χ3n) is 5.11. The van der Waals surface area contributed by atoms with Crippen molar-refractivity contribution in [1.82, 2.24) is 4.90 Å². The average Bonchev–Trinajstić information content (AvgIpc) is 2.84. The molecule has 0 unspecified atom stereocenters. The molecule has 0 aliphatic carbocycles. The van der Waals surface area contributed by atoms with E-state index in [1.165, 1.54) is 12.1 Å². The number of likely N-dealkylation sites (tertiary alicyclic amines) is 1. The van der Waals surface area contributed by atoms with Crippen LogP contribution in [0.25, 0.3) is 0 Å². The van der Waals surface area contributed by atoms with E-state index >= 15 is 0 Å². The number of aliphatic hydroxyl groups excluding tert-OH is 1. The molecule has 1 aromatic carbocycles. The second-order valence-electron chi connectivity index (χ2n) is 7.21. The maximum atomic E-state index is 13.1. The number of aliphatic hydroxyl groups is 1. The summed E-state index contributed by atoms with van der Waals surface area (Å²) in [5.74, 6) is 0.109. The molecule has 0 radical (unpaired) electrons. The van der Waals surface area contributed by atoms with Gasteiger partial charge in [-0.15, -0.1) is 0 Å². The van der Waals surface area contributed by atoms with Gasteiger partial charge in [0.15, 0.2) is 0 Å². The highest BCUT2D eigenvalue weighted by Crippen LogP contribution is 2.24. The van der Waals surface area contributed by atoms with Gasteiger partial charge in [0, 0.05) is 36.9 Å². The summed E-state index contributed by atoms with van der Waals surface area (Å²) in [4.78, 5) is 17.4. The van der Waals surface area contributed by atoms with Crippen molar-refractivity contribution in [2.24, 2.45) is 0 Å². The van der Waals surface area contributed by atoms with E-state index in [2.05, 4.69) is 30.9 Å². The van der Waals surface area contributed by atoms with Gasteiger partial charge in [0.05, 0.1) is 6.10 Å². The molecular weight excluding hydrogens is 312 g/mol. The first-order valence-corrected chi connectivity index (χ1v) is 9.90. The molecule has 2 atom stereocenters. The number of rotatable bonds is 7. The van der Waals surface area contributed by atoms with Crippen molar-refractivity contribution in [2.75, 3.05) is 24.5 Å². The summed E-state index contributed by atoms with van der Waals surface area (Å²) in [6.07, 6.45) is 5.78. The Balaban J connectivity index is 2.14. The maximum Gasteiger partial charge on any atom is 0.254 e. The summed E-state index contributed by atoms with van der Waals surface area (Å²) in [6, 6.07) is 8.20. The monoisotopic (exact) mass is 346 g/mol. The number of anilines is 1. The lowest BCUT2D eigenvalue weighted by Gasteiger charge is -2.31. The van der Waals surface area contributed by atoms with Crippen LogP contribution in [0.5, 0.6) is 0 Å². The summed E-state index contributed by atoms with van der Waals surface area (Å²) < 4.78 is 0. The van der Waals surface area contributed by atoms with E-state index in [9.17, 15) is 9.90 Å². The highest BCUT2D eigenvalue weighted by molar-refractivity contribution is 5.94. The van der Waals surface area contributed by atoms with Crippen LogP contribution in [0.4, 0.5) is 5.69 Å². The normalized spacial score (nSPS) is 19.4. The fraction of sp³-hybridized carbons (Fsp3) is 0.667. The van der Waals surface area contributed by atoms with Gasteiger partial charge >= 0.3 is 0 Å². The topological polar surface area (TPSA) is 43.8 Å². The van der Waals surface area contributed by atoms with E-state index in [1.54, 1.807) is 0 Å². The van der Waals surface area contributed by atoms with Crippen LogP contribution in [0.1, 0.15) is 69.7 Å². The molecule has 1 aliphatic heterocycles. The summed E-state index contributed by atoms with van der Waals surface area (Å²) in [5, 5.41) is 9.80. The quantitative estimate of drug-likeness (QED) is 0.809. The van der Waals surface area contributed by atoms with Gasteiger partial charge in [-0.25, -0.2) is 0 Å². The molecule has 1 fully saturated rings. The predicted molar refractivity (Wildman–Crippen MR) is 104 cm³/mol. The van der Waals surface area contributed by atoms with Crippen molar-refractivity contribution in [2.45, 2.75) is 71.4 Å². The lowest BCUT2D eigenvalue weighted by molar-refractivity contribution is 0.0607. The summed E-state index contributed by atoms with van der Waals surface area (Å²) in [5.41, 5.74) is 1.94. The molecule has 4 nitrogen and oxygen atoms in total. The minimum atomic E-state index is -0.368. The number of hydrogen-bond donors (Lipinski definition) is 1. The summed E-state index contributed by atoms with van der Waals surface area (Å²) >= 11 is 0. The van der Waals surface area contributed by atoms with Crippen LogP contribution in [0.3, 0.4) is 0 Å². The fourth-order valence-electron chi connectivity index (χ4n) is 3.80. The molecule has 0 aromatic heterocycles. The molecule has 4 heteroatoms. The Hall–Kier alpha value is -1.55. The molecule has 0 saturated carbocycles. The Morgan fingerprint density at radius 2 is 1.96 bits per heavy atom. The van der Waals surface area contributed by atoms with Crippen molar-refractivity contribution in [3.05, 3.63) is 29.8 Å². The van der Waals surface area contributed by atoms with E-state index in [1.807, 2.05) is 24.0 Å². The molecule has 0 spiro atoms. The van der Waals surface area contributed by atoms with Crippen LogP contribution in [-0.4, -0.2) is 47.7 Å². The number of nitrogens with zero attached hydrogens (tertiary/aromatic N) is 2. The number of carbonyl (C=O) groups is 1. The van der Waals surface area contributed by atoms with E-state index in [4.69, 9.17) is 0 Å². The second-order valence-corrected chi connectivity index (χ2v) is 7.21. The highest BCUT2D eigenvalue weighted by atomic mass is 16.3. The van der Waals surface area contributed by atoms with Crippen molar-refractivity contribution < 1.29 is 9.90 Å². The molecule has 25 heavy (non-hydrogen) atoms. The molecule has 1 N–H and O–H groups in total. The summed E-state index contributed by atoms with van der Waals surface area (Å²) in [7, 11) is 0. The predicted octanol–water partition coefficient (Wildman–Crippen LogP) is 4.08. The van der Waals surface area contributed by atoms with Crippen molar-refractivity contribution >= 4 is 11.6 Å². The van der Waals surface area contributed by atoms with Crippen LogP contribution in [-0.2, 0) is 0 Å². The Labute approximate surface area is 152 Å². The molecule has 0 bridgehead atoms. The molecular formula is C21H34N2O2. The third kappa shape index (κ3) is 5.46. The Bertz CT molecular complexity index is 527. The van der Waals surface area contributed by atoms with Crippen LogP contribution < -0.4 is 4.90 Å². The van der Waals surface area contributed by atoms with Gasteiger partial charge in [-0.05, 0) is 63.8 Å². The minimum absolute atomic E-state index is 0.109. The minimum Gasteiger partial charge on any atom is -0.393 e. The SMILES string of the molecule is CCCN(CC)c1ccc(C(=O)N2CCCCC[C@H]2C[C@H](C)O)cc1. The van der Waals surface area contributed by atoms with Gasteiger partial charge in [0.25, 0.3) is 5.91 Å². The number of hydrogen-bond acceptors (Lipinski definition) is 3. The zero-order valence-electron chi connectivity index (χ0n) is 16.1. The third-order valence-corrected chi connectivity index (χ3v) is 5.11. The lowest BCUT2D eigenvalue weighted by atomic mass is 10.0. The first-order chi connectivity index (χ1) is 12.1. The Kier molecular flexibility index (Phi) is 7.76. The van der Waals surface area contributed by atoms with Crippen molar-refractivity contribution in [3.63, 3.8) is 0 Å². The first kappa shape index (κ1) is 19.8. The standard InChI is InChI=1S/C21H34N2O2/c1-4-14-22(5-2)19-12-10-18(11-13-19)21(25)23-15-8-6-7-9-20(23)16-17(3)24/h10-13,17,20,24H,4-9,14-16H2,1-3H3/t17-,20-/m0/s1. The number of amides is 1.